The first-order chi connectivity index (χ1) is 7.39. The third-order valence-corrected chi connectivity index (χ3v) is 2.08. The highest BCUT2D eigenvalue weighted by Crippen LogP contribution is 2.31. The molecule has 0 radical (unpaired) electrons. The Balaban J connectivity index is 2.62. The Hall–Kier alpha value is -2.05. The monoisotopic (exact) mass is 230 g/mol. The maximum Gasteiger partial charge on any atom is 0.432 e. The lowest BCUT2D eigenvalue weighted by Gasteiger charge is -2.05. The molecule has 16 heavy (non-hydrogen) atoms. The Morgan fingerprint density at radius 3 is 2.62 bits per heavy atom. The van der Waals surface area contributed by atoms with Gasteiger partial charge < -0.3 is 5.11 Å². The van der Waals surface area contributed by atoms with Crippen molar-refractivity contribution in [2.24, 2.45) is 0 Å². The second kappa shape index (κ2) is 3.22. The van der Waals surface area contributed by atoms with E-state index in [0.717, 1.165) is 24.4 Å². The minimum atomic E-state index is -4.44. The van der Waals surface area contributed by atoms with Gasteiger partial charge in [-0.25, -0.2) is 4.79 Å². The quantitative estimate of drug-likeness (QED) is 0.756. The molecule has 4 nitrogen and oxygen atoms in total. The molecular weight excluding hydrogens is 225 g/mol. The lowest BCUT2D eigenvalue weighted by atomic mass is 10.1. The van der Waals surface area contributed by atoms with Crippen LogP contribution in [0.4, 0.5) is 18.0 Å². The predicted octanol–water partition coefficient (Wildman–Crippen LogP) is 2.58. The molecule has 1 N–H and O–H groups in total. The first-order valence-corrected chi connectivity index (χ1v) is 4.18. The molecule has 0 saturated carbocycles. The molecule has 0 aliphatic heterocycles. The van der Waals surface area contributed by atoms with Gasteiger partial charge in [-0.05, 0) is 18.2 Å². The third-order valence-electron chi connectivity index (χ3n) is 2.08. The summed E-state index contributed by atoms with van der Waals surface area (Å²) in [6, 6.07) is 2.77. The van der Waals surface area contributed by atoms with Gasteiger partial charge in [-0.1, -0.05) is 0 Å². The summed E-state index contributed by atoms with van der Waals surface area (Å²) < 4.78 is 37.6. The number of nitrogens with zero attached hydrogens (tertiary/aromatic N) is 2. The van der Waals surface area contributed by atoms with Crippen LogP contribution in [0.2, 0.25) is 0 Å². The normalized spacial score (nSPS) is 11.9. The first kappa shape index (κ1) is 10.5. The first-order valence-electron chi connectivity index (χ1n) is 4.18. The molecule has 0 spiro atoms. The van der Waals surface area contributed by atoms with Gasteiger partial charge in [0, 0.05) is 5.39 Å². The number of aromatic nitrogens is 2. The molecule has 2 rings (SSSR count). The summed E-state index contributed by atoms with van der Waals surface area (Å²) in [6.07, 6.45) is -4.70. The van der Waals surface area contributed by atoms with E-state index in [9.17, 15) is 18.0 Å². The predicted molar refractivity (Wildman–Crippen MR) is 48.2 cm³/mol. The van der Waals surface area contributed by atoms with Gasteiger partial charge in [0.05, 0.1) is 17.3 Å². The maximum atomic E-state index is 12.3. The van der Waals surface area contributed by atoms with Gasteiger partial charge in [-0.15, -0.1) is 0 Å². The van der Waals surface area contributed by atoms with E-state index in [2.05, 4.69) is 5.10 Å². The minimum absolute atomic E-state index is 0.125. The van der Waals surface area contributed by atoms with E-state index in [1.165, 1.54) is 0 Å². The van der Waals surface area contributed by atoms with Crippen molar-refractivity contribution in [3.05, 3.63) is 30.0 Å². The standard InChI is InChI=1S/C9H5F3N2O2/c10-9(11,12)6-1-2-7-5(3-6)4-13-14(7)8(15)16/h1-4H,(H,15,16). The highest BCUT2D eigenvalue weighted by molar-refractivity contribution is 5.87. The minimum Gasteiger partial charge on any atom is -0.463 e. The Labute approximate surface area is 86.9 Å². The summed E-state index contributed by atoms with van der Waals surface area (Å²) in [7, 11) is 0. The molecule has 0 atom stereocenters. The van der Waals surface area contributed by atoms with E-state index in [0.29, 0.717) is 4.68 Å². The van der Waals surface area contributed by atoms with Crippen molar-refractivity contribution >= 4 is 17.0 Å². The number of fused-ring (bicyclic) bond motifs is 1. The van der Waals surface area contributed by atoms with Crippen LogP contribution >= 0.6 is 0 Å². The van der Waals surface area contributed by atoms with E-state index in [4.69, 9.17) is 5.11 Å². The van der Waals surface area contributed by atoms with E-state index in [1.54, 1.807) is 0 Å². The van der Waals surface area contributed by atoms with Crippen LogP contribution in [0.1, 0.15) is 5.56 Å². The Morgan fingerprint density at radius 2 is 2.06 bits per heavy atom. The van der Waals surface area contributed by atoms with Crippen molar-refractivity contribution in [1.82, 2.24) is 9.78 Å². The SMILES string of the molecule is O=C(O)n1ncc2cc(C(F)(F)F)ccc21. The molecule has 0 amide bonds. The fourth-order valence-electron chi connectivity index (χ4n) is 1.36. The Kier molecular flexibility index (Phi) is 2.11. The number of carbonyl (C=O) groups is 1. The van der Waals surface area contributed by atoms with Crippen LogP contribution in [-0.4, -0.2) is 21.0 Å². The van der Waals surface area contributed by atoms with Gasteiger partial charge in [0.2, 0.25) is 0 Å². The molecule has 0 fully saturated rings. The number of rotatable bonds is 0. The molecule has 7 heteroatoms. The van der Waals surface area contributed by atoms with Crippen molar-refractivity contribution in [1.29, 1.82) is 0 Å². The highest BCUT2D eigenvalue weighted by Gasteiger charge is 2.30. The fourth-order valence-corrected chi connectivity index (χ4v) is 1.36. The maximum absolute atomic E-state index is 12.3. The molecule has 2 aromatic rings. The second-order valence-electron chi connectivity index (χ2n) is 3.11. The summed E-state index contributed by atoms with van der Waals surface area (Å²) in [5, 5.41) is 12.3. The largest absolute Gasteiger partial charge is 0.463 e. The van der Waals surface area contributed by atoms with Gasteiger partial charge >= 0.3 is 12.3 Å². The third kappa shape index (κ3) is 1.60. The van der Waals surface area contributed by atoms with Gasteiger partial charge in [0.25, 0.3) is 0 Å². The smallest absolute Gasteiger partial charge is 0.432 e. The van der Waals surface area contributed by atoms with Crippen molar-refractivity contribution in [3.63, 3.8) is 0 Å². The van der Waals surface area contributed by atoms with Crippen molar-refractivity contribution in [2.45, 2.75) is 6.18 Å². The molecule has 84 valence electrons. The number of halogens is 3. The van der Waals surface area contributed by atoms with Crippen molar-refractivity contribution < 1.29 is 23.1 Å². The summed E-state index contributed by atoms with van der Waals surface area (Å²) in [5.74, 6) is 0. The van der Waals surface area contributed by atoms with Crippen LogP contribution in [0.5, 0.6) is 0 Å². The van der Waals surface area contributed by atoms with E-state index in [1.807, 2.05) is 0 Å². The van der Waals surface area contributed by atoms with Crippen LogP contribution in [0.15, 0.2) is 24.4 Å². The molecule has 0 aliphatic rings. The Bertz CT molecular complexity index is 559. The molecule has 0 saturated heterocycles. The number of hydrogen-bond donors (Lipinski definition) is 1. The van der Waals surface area contributed by atoms with Gasteiger partial charge in [0.1, 0.15) is 0 Å². The van der Waals surface area contributed by atoms with E-state index in [-0.39, 0.29) is 10.9 Å². The number of alkyl halides is 3. The molecule has 1 aromatic heterocycles. The van der Waals surface area contributed by atoms with Crippen LogP contribution in [0.25, 0.3) is 10.9 Å². The summed E-state index contributed by atoms with van der Waals surface area (Å²) in [4.78, 5) is 10.6. The zero-order valence-corrected chi connectivity index (χ0v) is 7.69. The lowest BCUT2D eigenvalue weighted by molar-refractivity contribution is -0.137. The molecule has 1 aromatic carbocycles. The van der Waals surface area contributed by atoms with Crippen molar-refractivity contribution in [2.75, 3.05) is 0 Å². The fraction of sp³-hybridized carbons (Fsp3) is 0.111. The lowest BCUT2D eigenvalue weighted by Crippen LogP contribution is -2.09. The van der Waals surface area contributed by atoms with Crippen LogP contribution in [-0.2, 0) is 6.18 Å². The average molecular weight is 230 g/mol. The number of benzene rings is 1. The number of hydrogen-bond acceptors (Lipinski definition) is 2. The molecule has 1 heterocycles. The molecular formula is C9H5F3N2O2. The summed E-state index contributed by atoms with van der Waals surface area (Å²) >= 11 is 0. The van der Waals surface area contributed by atoms with E-state index >= 15 is 0 Å². The summed E-state index contributed by atoms with van der Waals surface area (Å²) in [6.45, 7) is 0. The van der Waals surface area contributed by atoms with Crippen LogP contribution in [0.3, 0.4) is 0 Å². The van der Waals surface area contributed by atoms with Crippen molar-refractivity contribution in [3.8, 4) is 0 Å². The van der Waals surface area contributed by atoms with Gasteiger partial charge in [0.15, 0.2) is 0 Å². The van der Waals surface area contributed by atoms with Crippen LogP contribution in [0, 0.1) is 0 Å². The van der Waals surface area contributed by atoms with Crippen LogP contribution < -0.4 is 0 Å². The Morgan fingerprint density at radius 1 is 1.38 bits per heavy atom. The topological polar surface area (TPSA) is 55.1 Å². The van der Waals surface area contributed by atoms with Gasteiger partial charge in [-0.3, -0.25) is 0 Å². The number of carboxylic acid groups (broad SMARTS) is 1. The van der Waals surface area contributed by atoms with E-state index < -0.39 is 17.8 Å². The van der Waals surface area contributed by atoms with Gasteiger partial charge in [-0.2, -0.15) is 23.0 Å². The molecule has 0 aliphatic carbocycles. The summed E-state index contributed by atoms with van der Waals surface area (Å²) in [5.41, 5.74) is -0.703. The zero-order valence-electron chi connectivity index (χ0n) is 7.69. The molecule has 0 bridgehead atoms. The highest BCUT2D eigenvalue weighted by atomic mass is 19.4. The molecule has 0 unspecified atom stereocenters. The second-order valence-corrected chi connectivity index (χ2v) is 3.11. The average Bonchev–Trinajstić information content (AvgIpc) is 2.58. The zero-order chi connectivity index (χ0) is 11.9.